The molecule has 8 aromatic carbocycles. The Bertz CT molecular complexity index is 2510. The number of halogens is 2. The molecule has 0 unspecified atom stereocenters. The molecule has 10 rings (SSSR count). The van der Waals surface area contributed by atoms with E-state index in [0.29, 0.717) is 0 Å². The van der Waals surface area contributed by atoms with Crippen molar-refractivity contribution in [2.24, 2.45) is 0 Å². The molecule has 0 aliphatic rings. The van der Waals surface area contributed by atoms with Gasteiger partial charge in [0.1, 0.15) is 0 Å². The van der Waals surface area contributed by atoms with E-state index in [2.05, 4.69) is 193 Å². The molecule has 0 amide bonds. The summed E-state index contributed by atoms with van der Waals surface area (Å²) >= 11 is 1.55. The van der Waals surface area contributed by atoms with Gasteiger partial charge in [0.25, 0.3) is 0 Å². The fraction of sp³-hybridized carbons (Fsp3) is 0.0444. The van der Waals surface area contributed by atoms with Gasteiger partial charge in [-0.15, -0.1) is 35.0 Å². The number of fused-ring (bicyclic) bond motifs is 10. The number of hydrogen-bond acceptors (Lipinski definition) is 0. The van der Waals surface area contributed by atoms with Crippen LogP contribution in [0.25, 0.3) is 76.5 Å². The molecule has 0 saturated heterocycles. The number of aromatic nitrogens is 2. The Balaban J connectivity index is 0.000000151. The van der Waals surface area contributed by atoms with Gasteiger partial charge in [0.2, 0.25) is 0 Å². The maximum atomic E-state index is 2.38. The summed E-state index contributed by atoms with van der Waals surface area (Å²) in [6.07, 6.45) is 0. The van der Waals surface area contributed by atoms with Gasteiger partial charge in [-0.3, -0.25) is 0 Å². The first-order valence-electron chi connectivity index (χ1n) is 16.4. The molecule has 0 spiro atoms. The van der Waals surface area contributed by atoms with Crippen LogP contribution in [0.4, 0.5) is 0 Å². The van der Waals surface area contributed by atoms with Gasteiger partial charge in [-0.1, -0.05) is 142 Å². The van der Waals surface area contributed by atoms with Crippen molar-refractivity contribution in [1.29, 1.82) is 0 Å². The summed E-state index contributed by atoms with van der Waals surface area (Å²) in [5.74, 6) is 0. The van der Waals surface area contributed by atoms with E-state index in [-0.39, 0.29) is 24.8 Å². The van der Waals surface area contributed by atoms with E-state index in [4.69, 9.17) is 0 Å². The zero-order valence-electron chi connectivity index (χ0n) is 27.8. The minimum Gasteiger partial charge on any atom is -1.00 e. The first kappa shape index (κ1) is 35.3. The minimum absolute atomic E-state index is 0. The molecule has 0 saturated carbocycles. The molecule has 2 heterocycles. The van der Waals surface area contributed by atoms with Gasteiger partial charge in [0.05, 0.1) is 0 Å². The van der Waals surface area contributed by atoms with Crippen LogP contribution < -0.4 is 24.8 Å². The van der Waals surface area contributed by atoms with Gasteiger partial charge >= 0.3 is 41.3 Å². The third-order valence-corrected chi connectivity index (χ3v) is 8.89. The van der Waals surface area contributed by atoms with E-state index in [9.17, 15) is 0 Å². The van der Waals surface area contributed by atoms with E-state index < -0.39 is 0 Å². The second-order valence-corrected chi connectivity index (χ2v) is 14.8. The first-order chi connectivity index (χ1) is 23.6. The Kier molecular flexibility index (Phi) is 10.7. The van der Waals surface area contributed by atoms with E-state index >= 15 is 0 Å². The molecule has 244 valence electrons. The number of benzene rings is 6. The zero-order chi connectivity index (χ0) is 32.6. The number of rotatable bonds is 2. The average molecular weight is 765 g/mol. The normalized spacial score (nSPS) is 10.8. The van der Waals surface area contributed by atoms with Crippen molar-refractivity contribution in [3.05, 3.63) is 170 Å². The first-order valence-corrected chi connectivity index (χ1v) is 17.6. The van der Waals surface area contributed by atoms with Crippen molar-refractivity contribution in [3.63, 3.8) is 0 Å². The number of hydrogen-bond donors (Lipinski definition) is 0. The van der Waals surface area contributed by atoms with Crippen LogP contribution in [0.5, 0.6) is 0 Å². The Hall–Kier alpha value is -4.53. The molecular formula is C45H34Cl2N2Zr-2. The average Bonchev–Trinajstić information content (AvgIpc) is 3.86. The quantitative estimate of drug-likeness (QED) is 0.190. The number of para-hydroxylation sites is 4. The van der Waals surface area contributed by atoms with Gasteiger partial charge in [-0.05, 0) is 47.4 Å². The summed E-state index contributed by atoms with van der Waals surface area (Å²) in [5.41, 5.74) is 7.58. The van der Waals surface area contributed by atoms with Crippen molar-refractivity contribution in [3.8, 4) is 11.4 Å². The van der Waals surface area contributed by atoms with Gasteiger partial charge in [0, 0.05) is 22.4 Å². The summed E-state index contributed by atoms with van der Waals surface area (Å²) < 4.78 is 6.27. The molecule has 10 aromatic rings. The zero-order valence-corrected chi connectivity index (χ0v) is 31.8. The second kappa shape index (κ2) is 15.2. The molecular weight excluding hydrogens is 731 g/mol. The maximum absolute atomic E-state index is 2.38. The fourth-order valence-electron chi connectivity index (χ4n) is 7.03. The van der Waals surface area contributed by atoms with E-state index in [1.54, 1.807) is 24.2 Å². The predicted molar refractivity (Wildman–Crippen MR) is 204 cm³/mol. The van der Waals surface area contributed by atoms with Crippen LogP contribution in [0.3, 0.4) is 0 Å². The van der Waals surface area contributed by atoms with Gasteiger partial charge in [0.15, 0.2) is 0 Å². The third-order valence-electron chi connectivity index (χ3n) is 8.89. The molecule has 0 radical (unpaired) electrons. The van der Waals surface area contributed by atoms with Crippen molar-refractivity contribution in [2.45, 2.75) is 13.8 Å². The maximum Gasteiger partial charge on any atom is 0.0378 e. The van der Waals surface area contributed by atoms with Gasteiger partial charge in [-0.2, -0.15) is 0 Å². The van der Waals surface area contributed by atoms with Gasteiger partial charge in [-0.25, -0.2) is 0 Å². The van der Waals surface area contributed by atoms with Crippen molar-refractivity contribution in [2.75, 3.05) is 0 Å². The molecule has 2 aromatic heterocycles. The van der Waals surface area contributed by atoms with Crippen LogP contribution in [0.2, 0.25) is 0 Å². The minimum atomic E-state index is 0. The Labute approximate surface area is 319 Å². The van der Waals surface area contributed by atoms with E-state index in [1.807, 2.05) is 0 Å². The molecule has 50 heavy (non-hydrogen) atoms. The summed E-state index contributed by atoms with van der Waals surface area (Å²) in [5, 5.41) is 10.6. The Morgan fingerprint density at radius 3 is 1.10 bits per heavy atom. The predicted octanol–water partition coefficient (Wildman–Crippen LogP) is 6.07. The molecule has 0 N–H and O–H groups in total. The standard InChI is InChI=1S/2C21H14N.C3H6.2ClH.Zr/c2*1-2-9-16(10-3-1)22-20-13-7-6-12-18(20)19-14-15-8-4-5-11-17(15)21(19)22;1-3-2;;;/h2*1-14H;1-2H3;2*1H;/q2*-1;;;;+2/p-2. The number of nitrogens with zero attached hydrogens (tertiary/aromatic N) is 2. The summed E-state index contributed by atoms with van der Waals surface area (Å²) in [4.78, 5) is 0. The molecule has 0 aliphatic heterocycles. The van der Waals surface area contributed by atoms with E-state index in [1.165, 1.54) is 79.7 Å². The molecule has 0 aliphatic carbocycles. The molecule has 0 bridgehead atoms. The smallest absolute Gasteiger partial charge is 0.0378 e. The van der Waals surface area contributed by atoms with Crippen molar-refractivity contribution < 1.29 is 49.0 Å². The molecule has 0 fully saturated rings. The third kappa shape index (κ3) is 6.31. The van der Waals surface area contributed by atoms with E-state index in [0.717, 1.165) is 0 Å². The van der Waals surface area contributed by atoms with Crippen LogP contribution in [0.15, 0.2) is 170 Å². The SMILES string of the molecule is C[C](C)=[Zr+2].[Cl-].[Cl-].c1ccc(-n2c3ccccc3c3[cH-]c4ccccc4c32)cc1.c1ccc(-n2c3ccccc3c3[cH-]c4ccccc4c32)cc1. The molecule has 5 heteroatoms. The second-order valence-electron chi connectivity index (χ2n) is 12.4. The summed E-state index contributed by atoms with van der Waals surface area (Å²) in [6, 6.07) is 60.4. The fourth-order valence-corrected chi connectivity index (χ4v) is 7.03. The van der Waals surface area contributed by atoms with Crippen LogP contribution in [-0.4, -0.2) is 12.3 Å². The van der Waals surface area contributed by atoms with Crippen LogP contribution in [-0.2, 0) is 24.2 Å². The van der Waals surface area contributed by atoms with Gasteiger partial charge < -0.3 is 33.9 Å². The van der Waals surface area contributed by atoms with Crippen LogP contribution >= 0.6 is 0 Å². The largest absolute Gasteiger partial charge is 1.00 e. The molecule has 2 nitrogen and oxygen atoms in total. The summed E-state index contributed by atoms with van der Waals surface area (Å²) in [7, 11) is 0. The van der Waals surface area contributed by atoms with Crippen molar-refractivity contribution in [1.82, 2.24) is 9.13 Å². The van der Waals surface area contributed by atoms with Crippen molar-refractivity contribution >= 4 is 68.4 Å². The topological polar surface area (TPSA) is 9.86 Å². The monoisotopic (exact) mass is 762 g/mol. The molecule has 0 atom stereocenters. The summed E-state index contributed by atoms with van der Waals surface area (Å²) in [6.45, 7) is 4.25. The Morgan fingerprint density at radius 2 is 0.720 bits per heavy atom. The van der Waals surface area contributed by atoms with Crippen LogP contribution in [0, 0.1) is 0 Å². The van der Waals surface area contributed by atoms with Crippen LogP contribution in [0.1, 0.15) is 13.8 Å². The Morgan fingerprint density at radius 1 is 0.420 bits per heavy atom.